The van der Waals surface area contributed by atoms with Crippen molar-refractivity contribution in [3.05, 3.63) is 0 Å². The molecule has 12 heavy (non-hydrogen) atoms. The van der Waals surface area contributed by atoms with Crippen LogP contribution < -0.4 is 11.5 Å². The standard InChI is InChI=1S/C9H20N2S/c1-7(6-10)12-9-4-2-8(11)3-5-9/h7-9H,2-6,10-11H2,1H3. The van der Waals surface area contributed by atoms with Crippen molar-refractivity contribution in [2.24, 2.45) is 11.5 Å². The molecule has 1 atom stereocenters. The van der Waals surface area contributed by atoms with Gasteiger partial charge in [0.1, 0.15) is 0 Å². The Kier molecular flexibility index (Phi) is 4.40. The Morgan fingerprint density at radius 1 is 1.33 bits per heavy atom. The number of thioether (sulfide) groups is 1. The smallest absolute Gasteiger partial charge is 0.0144 e. The molecule has 0 aromatic rings. The molecule has 0 bridgehead atoms. The molecule has 0 amide bonds. The lowest BCUT2D eigenvalue weighted by Crippen LogP contribution is -2.29. The Labute approximate surface area is 79.5 Å². The first-order chi connectivity index (χ1) is 5.72. The fourth-order valence-electron chi connectivity index (χ4n) is 1.61. The summed E-state index contributed by atoms with van der Waals surface area (Å²) in [5, 5.41) is 1.44. The van der Waals surface area contributed by atoms with Crippen molar-refractivity contribution < 1.29 is 0 Å². The topological polar surface area (TPSA) is 52.0 Å². The molecule has 1 rings (SSSR count). The van der Waals surface area contributed by atoms with Crippen LogP contribution in [0.25, 0.3) is 0 Å². The Bertz CT molecular complexity index is 122. The lowest BCUT2D eigenvalue weighted by Gasteiger charge is -2.27. The quantitative estimate of drug-likeness (QED) is 0.702. The van der Waals surface area contributed by atoms with Crippen molar-refractivity contribution >= 4 is 11.8 Å². The Morgan fingerprint density at radius 3 is 2.42 bits per heavy atom. The van der Waals surface area contributed by atoms with Gasteiger partial charge in [-0.15, -0.1) is 0 Å². The van der Waals surface area contributed by atoms with Gasteiger partial charge in [0, 0.05) is 23.1 Å². The average Bonchev–Trinajstić information content (AvgIpc) is 2.09. The van der Waals surface area contributed by atoms with E-state index in [1.807, 2.05) is 11.8 Å². The number of nitrogens with two attached hydrogens (primary N) is 2. The van der Waals surface area contributed by atoms with E-state index < -0.39 is 0 Å². The highest BCUT2D eigenvalue weighted by molar-refractivity contribution is 8.00. The van der Waals surface area contributed by atoms with Gasteiger partial charge in [0.25, 0.3) is 0 Å². The predicted molar refractivity (Wildman–Crippen MR) is 56.3 cm³/mol. The first-order valence-corrected chi connectivity index (χ1v) is 5.77. The van der Waals surface area contributed by atoms with Gasteiger partial charge in [0.15, 0.2) is 0 Å². The molecular weight excluding hydrogens is 168 g/mol. The molecule has 0 spiro atoms. The summed E-state index contributed by atoms with van der Waals surface area (Å²) in [5.74, 6) is 0. The van der Waals surface area contributed by atoms with Crippen LogP contribution in [0.15, 0.2) is 0 Å². The van der Waals surface area contributed by atoms with Gasteiger partial charge in [-0.1, -0.05) is 6.92 Å². The van der Waals surface area contributed by atoms with Gasteiger partial charge in [-0.25, -0.2) is 0 Å². The molecule has 0 saturated heterocycles. The van der Waals surface area contributed by atoms with E-state index in [1.54, 1.807) is 0 Å². The summed E-state index contributed by atoms with van der Waals surface area (Å²) in [6, 6.07) is 0.468. The summed E-state index contributed by atoms with van der Waals surface area (Å²) in [6.07, 6.45) is 4.98. The lowest BCUT2D eigenvalue weighted by atomic mass is 9.96. The maximum absolute atomic E-state index is 5.83. The summed E-state index contributed by atoms with van der Waals surface area (Å²) >= 11 is 2.04. The number of rotatable bonds is 3. The van der Waals surface area contributed by atoms with E-state index in [4.69, 9.17) is 11.5 Å². The minimum atomic E-state index is 0.468. The molecule has 2 nitrogen and oxygen atoms in total. The van der Waals surface area contributed by atoms with Crippen molar-refractivity contribution in [2.45, 2.75) is 49.1 Å². The van der Waals surface area contributed by atoms with Gasteiger partial charge in [-0.2, -0.15) is 11.8 Å². The van der Waals surface area contributed by atoms with Crippen LogP contribution in [0.5, 0.6) is 0 Å². The van der Waals surface area contributed by atoms with E-state index in [2.05, 4.69) is 6.92 Å². The zero-order valence-corrected chi connectivity index (χ0v) is 8.65. The molecule has 1 aliphatic rings. The van der Waals surface area contributed by atoms with Crippen molar-refractivity contribution in [1.82, 2.24) is 0 Å². The van der Waals surface area contributed by atoms with Crippen LogP contribution in [-0.2, 0) is 0 Å². The van der Waals surface area contributed by atoms with Gasteiger partial charge < -0.3 is 11.5 Å². The predicted octanol–water partition coefficient (Wildman–Crippen LogP) is 1.34. The fraction of sp³-hybridized carbons (Fsp3) is 1.00. The van der Waals surface area contributed by atoms with E-state index in [9.17, 15) is 0 Å². The fourth-order valence-corrected chi connectivity index (χ4v) is 2.92. The summed E-state index contributed by atoms with van der Waals surface area (Å²) in [7, 11) is 0. The maximum Gasteiger partial charge on any atom is 0.0144 e. The second-order valence-electron chi connectivity index (χ2n) is 3.72. The molecule has 4 N–H and O–H groups in total. The highest BCUT2D eigenvalue weighted by Crippen LogP contribution is 2.30. The molecule has 0 radical (unpaired) electrons. The van der Waals surface area contributed by atoms with Crippen LogP contribution in [0.2, 0.25) is 0 Å². The second kappa shape index (κ2) is 5.10. The van der Waals surface area contributed by atoms with Crippen molar-refractivity contribution in [1.29, 1.82) is 0 Å². The van der Waals surface area contributed by atoms with Gasteiger partial charge >= 0.3 is 0 Å². The van der Waals surface area contributed by atoms with Crippen molar-refractivity contribution in [3.8, 4) is 0 Å². The van der Waals surface area contributed by atoms with E-state index in [0.29, 0.717) is 11.3 Å². The first kappa shape index (κ1) is 10.4. The summed E-state index contributed by atoms with van der Waals surface area (Å²) in [5.41, 5.74) is 11.4. The van der Waals surface area contributed by atoms with E-state index in [0.717, 1.165) is 11.8 Å². The maximum atomic E-state index is 5.83. The largest absolute Gasteiger partial charge is 0.329 e. The van der Waals surface area contributed by atoms with Crippen molar-refractivity contribution in [3.63, 3.8) is 0 Å². The minimum absolute atomic E-state index is 0.468. The van der Waals surface area contributed by atoms with Crippen LogP contribution in [0.3, 0.4) is 0 Å². The first-order valence-electron chi connectivity index (χ1n) is 4.83. The third-order valence-electron chi connectivity index (χ3n) is 2.48. The normalized spacial score (nSPS) is 33.2. The van der Waals surface area contributed by atoms with Crippen LogP contribution in [0, 0.1) is 0 Å². The molecule has 1 aliphatic carbocycles. The molecule has 3 heteroatoms. The molecule has 0 aromatic heterocycles. The van der Waals surface area contributed by atoms with Crippen LogP contribution in [0.1, 0.15) is 32.6 Å². The Balaban J connectivity index is 2.17. The van der Waals surface area contributed by atoms with Gasteiger partial charge in [0.05, 0.1) is 0 Å². The molecule has 1 fully saturated rings. The number of hydrogen-bond donors (Lipinski definition) is 2. The Morgan fingerprint density at radius 2 is 1.92 bits per heavy atom. The summed E-state index contributed by atoms with van der Waals surface area (Å²) in [6.45, 7) is 3.01. The Hall–Kier alpha value is 0.270. The SMILES string of the molecule is CC(CN)SC1CCC(N)CC1. The summed E-state index contributed by atoms with van der Waals surface area (Å²) in [4.78, 5) is 0. The highest BCUT2D eigenvalue weighted by atomic mass is 32.2. The summed E-state index contributed by atoms with van der Waals surface area (Å²) < 4.78 is 0. The molecule has 0 aromatic carbocycles. The van der Waals surface area contributed by atoms with Gasteiger partial charge in [-0.3, -0.25) is 0 Å². The van der Waals surface area contributed by atoms with Crippen LogP contribution >= 0.6 is 11.8 Å². The third-order valence-corrected chi connectivity index (χ3v) is 3.99. The van der Waals surface area contributed by atoms with E-state index in [1.165, 1.54) is 25.7 Å². The monoisotopic (exact) mass is 188 g/mol. The van der Waals surface area contributed by atoms with Gasteiger partial charge in [-0.05, 0) is 25.7 Å². The lowest BCUT2D eigenvalue weighted by molar-refractivity contribution is 0.450. The molecule has 1 unspecified atom stereocenters. The highest BCUT2D eigenvalue weighted by Gasteiger charge is 2.20. The van der Waals surface area contributed by atoms with E-state index >= 15 is 0 Å². The minimum Gasteiger partial charge on any atom is -0.329 e. The average molecular weight is 188 g/mol. The molecule has 0 heterocycles. The zero-order valence-electron chi connectivity index (χ0n) is 7.83. The van der Waals surface area contributed by atoms with Crippen LogP contribution in [0.4, 0.5) is 0 Å². The zero-order chi connectivity index (χ0) is 8.97. The number of hydrogen-bond acceptors (Lipinski definition) is 3. The molecular formula is C9H20N2S. The second-order valence-corrected chi connectivity index (χ2v) is 5.46. The molecule has 1 saturated carbocycles. The van der Waals surface area contributed by atoms with Crippen LogP contribution in [-0.4, -0.2) is 23.1 Å². The van der Waals surface area contributed by atoms with E-state index in [-0.39, 0.29) is 0 Å². The molecule has 72 valence electrons. The molecule has 0 aliphatic heterocycles. The third kappa shape index (κ3) is 3.33. The van der Waals surface area contributed by atoms with Gasteiger partial charge in [0.2, 0.25) is 0 Å². The van der Waals surface area contributed by atoms with Crippen molar-refractivity contribution in [2.75, 3.05) is 6.54 Å².